The van der Waals surface area contributed by atoms with Crippen molar-refractivity contribution >= 4 is 23.4 Å². The third-order valence-electron chi connectivity index (χ3n) is 5.12. The fourth-order valence-corrected chi connectivity index (χ4v) is 3.94. The quantitative estimate of drug-likeness (QED) is 0.872. The fraction of sp³-hybridized carbons (Fsp3) is 0.556. The molecule has 2 fully saturated rings. The number of nitrogens with zero attached hydrogens (tertiary/aromatic N) is 2. The van der Waals surface area contributed by atoms with Crippen molar-refractivity contribution in [3.8, 4) is 0 Å². The number of hydrogen-bond acceptors (Lipinski definition) is 3. The molecule has 2 atom stereocenters. The molecule has 1 heterocycles. The van der Waals surface area contributed by atoms with Gasteiger partial charge in [-0.15, -0.1) is 0 Å². The van der Waals surface area contributed by atoms with Crippen molar-refractivity contribution in [1.82, 2.24) is 9.80 Å². The van der Waals surface area contributed by atoms with E-state index >= 15 is 0 Å². The van der Waals surface area contributed by atoms with E-state index in [0.717, 1.165) is 25.7 Å². The maximum absolute atomic E-state index is 13.9. The van der Waals surface area contributed by atoms with Gasteiger partial charge in [0, 0.05) is 38.1 Å². The highest BCUT2D eigenvalue weighted by Gasteiger charge is 2.32. The normalized spacial score (nSPS) is 24.3. The molecular formula is C18H23ClFN3O2. The van der Waals surface area contributed by atoms with Gasteiger partial charge in [0.15, 0.2) is 0 Å². The van der Waals surface area contributed by atoms with Gasteiger partial charge >= 0.3 is 0 Å². The number of rotatable bonds is 2. The Labute approximate surface area is 151 Å². The van der Waals surface area contributed by atoms with Crippen molar-refractivity contribution < 1.29 is 14.0 Å². The number of amides is 2. The second kappa shape index (κ2) is 7.70. The van der Waals surface area contributed by atoms with Gasteiger partial charge in [-0.05, 0) is 31.4 Å². The molecule has 5 nitrogen and oxygen atoms in total. The van der Waals surface area contributed by atoms with Gasteiger partial charge in [0.25, 0.3) is 5.91 Å². The Morgan fingerprint density at radius 1 is 1.12 bits per heavy atom. The molecule has 1 aromatic carbocycles. The Hall–Kier alpha value is -1.66. The lowest BCUT2D eigenvalue weighted by molar-refractivity contribution is -0.138. The Morgan fingerprint density at radius 3 is 2.44 bits per heavy atom. The van der Waals surface area contributed by atoms with Gasteiger partial charge in [0.2, 0.25) is 5.91 Å². The van der Waals surface area contributed by atoms with Crippen LogP contribution in [0.15, 0.2) is 18.2 Å². The zero-order valence-corrected chi connectivity index (χ0v) is 14.8. The van der Waals surface area contributed by atoms with Crippen molar-refractivity contribution in [1.29, 1.82) is 0 Å². The summed E-state index contributed by atoms with van der Waals surface area (Å²) in [5, 5.41) is 0.111. The monoisotopic (exact) mass is 367 g/mol. The Bertz CT molecular complexity index is 641. The lowest BCUT2D eigenvalue weighted by Gasteiger charge is -2.38. The summed E-state index contributed by atoms with van der Waals surface area (Å²) in [5.74, 6) is -0.916. The van der Waals surface area contributed by atoms with Crippen LogP contribution >= 0.6 is 11.6 Å². The van der Waals surface area contributed by atoms with Gasteiger partial charge in [-0.2, -0.15) is 0 Å². The van der Waals surface area contributed by atoms with Crippen LogP contribution in [-0.4, -0.2) is 53.8 Å². The highest BCUT2D eigenvalue weighted by atomic mass is 35.5. The smallest absolute Gasteiger partial charge is 0.258 e. The second-order valence-corrected chi connectivity index (χ2v) is 7.24. The van der Waals surface area contributed by atoms with E-state index in [2.05, 4.69) is 0 Å². The lowest BCUT2D eigenvalue weighted by atomic mass is 9.85. The zero-order valence-electron chi connectivity index (χ0n) is 14.1. The van der Waals surface area contributed by atoms with E-state index in [4.69, 9.17) is 17.3 Å². The van der Waals surface area contributed by atoms with Gasteiger partial charge < -0.3 is 15.5 Å². The number of hydrogen-bond donors (Lipinski definition) is 1. The van der Waals surface area contributed by atoms with Crippen LogP contribution in [0.1, 0.15) is 36.0 Å². The number of halogens is 2. The molecule has 1 saturated carbocycles. The summed E-state index contributed by atoms with van der Waals surface area (Å²) >= 11 is 5.97. The SMILES string of the molecule is NC1CCCC(C(=O)N2CCN(C(=O)c3c(F)cccc3Cl)CC2)C1. The minimum absolute atomic E-state index is 0.00739. The van der Waals surface area contributed by atoms with Crippen molar-refractivity contribution in [2.24, 2.45) is 11.7 Å². The number of carbonyl (C=O) groups excluding carboxylic acids is 2. The van der Waals surface area contributed by atoms with E-state index in [0.29, 0.717) is 26.2 Å². The lowest BCUT2D eigenvalue weighted by Crippen LogP contribution is -2.52. The molecule has 0 bridgehead atoms. The van der Waals surface area contributed by atoms with Crippen LogP contribution in [0.2, 0.25) is 5.02 Å². The predicted octanol–water partition coefficient (Wildman–Crippen LogP) is 2.28. The van der Waals surface area contributed by atoms with Gasteiger partial charge in [0.05, 0.1) is 10.6 Å². The number of nitrogens with two attached hydrogens (primary N) is 1. The average molecular weight is 368 g/mol. The van der Waals surface area contributed by atoms with Crippen molar-refractivity contribution in [2.45, 2.75) is 31.7 Å². The largest absolute Gasteiger partial charge is 0.339 e. The number of carbonyl (C=O) groups is 2. The first-order chi connectivity index (χ1) is 12.0. The minimum atomic E-state index is -0.618. The maximum Gasteiger partial charge on any atom is 0.258 e. The van der Waals surface area contributed by atoms with Gasteiger partial charge in [-0.1, -0.05) is 24.1 Å². The van der Waals surface area contributed by atoms with Gasteiger partial charge in [0.1, 0.15) is 5.82 Å². The molecule has 3 rings (SSSR count). The third-order valence-corrected chi connectivity index (χ3v) is 5.43. The molecular weight excluding hydrogens is 345 g/mol. The average Bonchev–Trinajstić information content (AvgIpc) is 2.61. The Kier molecular flexibility index (Phi) is 5.59. The summed E-state index contributed by atoms with van der Waals surface area (Å²) in [6.07, 6.45) is 3.59. The summed E-state index contributed by atoms with van der Waals surface area (Å²) in [6, 6.07) is 4.31. The molecule has 1 aromatic rings. The molecule has 0 aromatic heterocycles. The molecule has 1 aliphatic heterocycles. The summed E-state index contributed by atoms with van der Waals surface area (Å²) in [6.45, 7) is 1.69. The van der Waals surface area contributed by atoms with Crippen LogP contribution in [0.25, 0.3) is 0 Å². The topological polar surface area (TPSA) is 66.6 Å². The van der Waals surface area contributed by atoms with E-state index in [9.17, 15) is 14.0 Å². The van der Waals surface area contributed by atoms with E-state index in [1.54, 1.807) is 9.80 Å². The molecule has 0 radical (unpaired) electrons. The first-order valence-electron chi connectivity index (χ1n) is 8.75. The molecule has 2 amide bonds. The molecule has 2 unspecified atom stereocenters. The first-order valence-corrected chi connectivity index (χ1v) is 9.13. The highest BCUT2D eigenvalue weighted by molar-refractivity contribution is 6.33. The van der Waals surface area contributed by atoms with E-state index < -0.39 is 11.7 Å². The van der Waals surface area contributed by atoms with E-state index in [-0.39, 0.29) is 28.5 Å². The van der Waals surface area contributed by atoms with Crippen LogP contribution in [0.5, 0.6) is 0 Å². The predicted molar refractivity (Wildman–Crippen MR) is 93.8 cm³/mol. The standard InChI is InChI=1S/C18H23ClFN3O2/c19-14-5-2-6-15(20)16(14)18(25)23-9-7-22(8-10-23)17(24)12-3-1-4-13(21)11-12/h2,5-6,12-13H,1,3-4,7-11,21H2. The summed E-state index contributed by atoms with van der Waals surface area (Å²) in [4.78, 5) is 28.5. The molecule has 7 heteroatoms. The summed E-state index contributed by atoms with van der Waals surface area (Å²) < 4.78 is 13.9. The Balaban J connectivity index is 1.60. The zero-order chi connectivity index (χ0) is 18.0. The highest BCUT2D eigenvalue weighted by Crippen LogP contribution is 2.26. The molecule has 136 valence electrons. The molecule has 1 aliphatic carbocycles. The number of benzene rings is 1. The van der Waals surface area contributed by atoms with Gasteiger partial charge in [-0.25, -0.2) is 4.39 Å². The molecule has 2 aliphatic rings. The van der Waals surface area contributed by atoms with Crippen LogP contribution in [-0.2, 0) is 4.79 Å². The van der Waals surface area contributed by atoms with E-state index in [1.807, 2.05) is 0 Å². The van der Waals surface area contributed by atoms with Gasteiger partial charge in [-0.3, -0.25) is 9.59 Å². The molecule has 0 spiro atoms. The fourth-order valence-electron chi connectivity index (χ4n) is 3.70. The first kappa shape index (κ1) is 18.1. The van der Waals surface area contributed by atoms with Crippen LogP contribution in [0.3, 0.4) is 0 Å². The van der Waals surface area contributed by atoms with Crippen LogP contribution < -0.4 is 5.73 Å². The third kappa shape index (κ3) is 3.96. The van der Waals surface area contributed by atoms with Crippen molar-refractivity contribution in [3.05, 3.63) is 34.6 Å². The summed E-state index contributed by atoms with van der Waals surface area (Å²) in [7, 11) is 0. The van der Waals surface area contributed by atoms with E-state index in [1.165, 1.54) is 18.2 Å². The molecule has 1 saturated heterocycles. The van der Waals surface area contributed by atoms with Crippen LogP contribution in [0.4, 0.5) is 4.39 Å². The maximum atomic E-state index is 13.9. The molecule has 25 heavy (non-hydrogen) atoms. The van der Waals surface area contributed by atoms with Crippen LogP contribution in [0, 0.1) is 11.7 Å². The van der Waals surface area contributed by atoms with Crippen molar-refractivity contribution in [3.63, 3.8) is 0 Å². The summed E-state index contributed by atoms with van der Waals surface area (Å²) in [5.41, 5.74) is 5.88. The second-order valence-electron chi connectivity index (χ2n) is 6.84. The minimum Gasteiger partial charge on any atom is -0.339 e. The van der Waals surface area contributed by atoms with Crippen molar-refractivity contribution in [2.75, 3.05) is 26.2 Å². The number of piperazine rings is 1. The molecule has 2 N–H and O–H groups in total. The Morgan fingerprint density at radius 2 is 1.80 bits per heavy atom.